The number of H-pyrrole nitrogens is 1. The molecule has 0 fully saturated rings. The molecule has 0 aliphatic carbocycles. The highest BCUT2D eigenvalue weighted by Gasteiger charge is 2.14. The number of hydrogen-bond donors (Lipinski definition) is 1. The summed E-state index contributed by atoms with van der Waals surface area (Å²) >= 11 is 3.13. The number of fused-ring (bicyclic) bond motifs is 1. The van der Waals surface area contributed by atoms with E-state index >= 15 is 0 Å². The Morgan fingerprint density at radius 1 is 1.17 bits per heavy atom. The lowest BCUT2D eigenvalue weighted by Crippen LogP contribution is -2.11. The Bertz CT molecular complexity index is 1050. The Morgan fingerprint density at radius 3 is 2.83 bits per heavy atom. The van der Waals surface area contributed by atoms with E-state index in [1.165, 1.54) is 11.3 Å². The van der Waals surface area contributed by atoms with Crippen molar-refractivity contribution in [3.63, 3.8) is 0 Å². The van der Waals surface area contributed by atoms with Gasteiger partial charge in [0.15, 0.2) is 0 Å². The van der Waals surface area contributed by atoms with Crippen molar-refractivity contribution < 1.29 is 4.74 Å². The first-order valence-corrected chi connectivity index (χ1v) is 9.18. The van der Waals surface area contributed by atoms with Gasteiger partial charge in [-0.25, -0.2) is 4.98 Å². The average Bonchev–Trinajstić information content (AvgIpc) is 3.24. The summed E-state index contributed by atoms with van der Waals surface area (Å²) in [5, 5.41) is 4.69. The smallest absolute Gasteiger partial charge is 0.260 e. The molecule has 0 atom stereocenters. The van der Waals surface area contributed by atoms with Crippen LogP contribution < -0.4 is 10.3 Å². The van der Waals surface area contributed by atoms with Crippen LogP contribution in [0.5, 0.6) is 5.75 Å². The molecule has 0 radical (unpaired) electrons. The molecule has 0 unspecified atom stereocenters. The monoisotopic (exact) mass is 354 g/mol. The summed E-state index contributed by atoms with van der Waals surface area (Å²) in [5.74, 6) is 1.45. The Morgan fingerprint density at radius 2 is 2.04 bits per heavy atom. The fraction of sp³-hybridized carbons (Fsp3) is 0.111. The third kappa shape index (κ3) is 2.64. The van der Waals surface area contributed by atoms with Gasteiger partial charge in [-0.1, -0.05) is 24.3 Å². The number of methoxy groups -OCH3 is 1. The third-order valence-corrected chi connectivity index (χ3v) is 5.61. The zero-order valence-corrected chi connectivity index (χ0v) is 14.5. The predicted octanol–water partition coefficient (Wildman–Crippen LogP) is 4.31. The van der Waals surface area contributed by atoms with E-state index in [-0.39, 0.29) is 5.56 Å². The van der Waals surface area contributed by atoms with Gasteiger partial charge in [-0.05, 0) is 17.5 Å². The molecular formula is C18H14N2O2S2. The second-order valence-electron chi connectivity index (χ2n) is 5.31. The standard InChI is InChI=1S/C18H14N2O2S2/c1-22-13-6-3-2-5-11(13)9-15-19-17(21)16-12(10-24-18(16)20-15)14-7-4-8-23-14/h2-8,10H,9H2,1H3,(H,19,20,21). The number of aromatic amines is 1. The zero-order chi connectivity index (χ0) is 16.5. The van der Waals surface area contributed by atoms with Gasteiger partial charge in [0.1, 0.15) is 16.4 Å². The van der Waals surface area contributed by atoms with Gasteiger partial charge in [0.25, 0.3) is 5.56 Å². The molecule has 0 amide bonds. The number of nitrogens with zero attached hydrogens (tertiary/aromatic N) is 1. The van der Waals surface area contributed by atoms with E-state index in [9.17, 15) is 4.79 Å². The molecular weight excluding hydrogens is 340 g/mol. The lowest BCUT2D eigenvalue weighted by atomic mass is 10.1. The maximum atomic E-state index is 12.6. The van der Waals surface area contributed by atoms with Crippen LogP contribution in [0.1, 0.15) is 11.4 Å². The lowest BCUT2D eigenvalue weighted by molar-refractivity contribution is 0.410. The molecule has 0 bridgehead atoms. The number of thiophene rings is 2. The first kappa shape index (κ1) is 15.1. The molecule has 6 heteroatoms. The highest BCUT2D eigenvalue weighted by atomic mass is 32.1. The highest BCUT2D eigenvalue weighted by Crippen LogP contribution is 2.33. The van der Waals surface area contributed by atoms with Gasteiger partial charge < -0.3 is 9.72 Å². The van der Waals surface area contributed by atoms with Crippen molar-refractivity contribution in [3.05, 3.63) is 68.9 Å². The third-order valence-electron chi connectivity index (χ3n) is 3.83. The van der Waals surface area contributed by atoms with E-state index < -0.39 is 0 Å². The predicted molar refractivity (Wildman–Crippen MR) is 99.4 cm³/mol. The van der Waals surface area contributed by atoms with E-state index in [2.05, 4.69) is 9.97 Å². The van der Waals surface area contributed by atoms with Crippen LogP contribution in [0, 0.1) is 0 Å². The molecule has 0 aliphatic heterocycles. The summed E-state index contributed by atoms with van der Waals surface area (Å²) in [5.41, 5.74) is 1.87. The van der Waals surface area contributed by atoms with Crippen molar-refractivity contribution in [2.75, 3.05) is 7.11 Å². The van der Waals surface area contributed by atoms with Crippen LogP contribution in [0.4, 0.5) is 0 Å². The minimum absolute atomic E-state index is 0.0884. The van der Waals surface area contributed by atoms with Crippen molar-refractivity contribution in [2.24, 2.45) is 0 Å². The van der Waals surface area contributed by atoms with Gasteiger partial charge in [-0.15, -0.1) is 22.7 Å². The number of ether oxygens (including phenoxy) is 1. The maximum Gasteiger partial charge on any atom is 0.260 e. The molecule has 1 aromatic carbocycles. The molecule has 3 heterocycles. The lowest BCUT2D eigenvalue weighted by Gasteiger charge is -2.07. The number of aromatic nitrogens is 2. The summed E-state index contributed by atoms with van der Waals surface area (Å²) in [6, 6.07) is 11.8. The molecule has 4 aromatic rings. The van der Waals surface area contributed by atoms with Crippen LogP contribution in [0.25, 0.3) is 20.7 Å². The van der Waals surface area contributed by atoms with Gasteiger partial charge in [0.05, 0.1) is 12.5 Å². The van der Waals surface area contributed by atoms with Crippen LogP contribution in [-0.2, 0) is 6.42 Å². The van der Waals surface area contributed by atoms with Gasteiger partial charge in [-0.2, -0.15) is 0 Å². The Hall–Kier alpha value is -2.44. The molecule has 0 spiro atoms. The molecule has 3 aromatic heterocycles. The number of hydrogen-bond acceptors (Lipinski definition) is 5. The molecule has 1 N–H and O–H groups in total. The van der Waals surface area contributed by atoms with Crippen LogP contribution in [-0.4, -0.2) is 17.1 Å². The summed E-state index contributed by atoms with van der Waals surface area (Å²) in [6.45, 7) is 0. The molecule has 4 rings (SSSR count). The topological polar surface area (TPSA) is 55.0 Å². The quantitative estimate of drug-likeness (QED) is 0.594. The number of benzene rings is 1. The van der Waals surface area contributed by atoms with Crippen LogP contribution in [0.3, 0.4) is 0 Å². The molecule has 0 saturated heterocycles. The Kier molecular flexibility index (Phi) is 3.92. The molecule has 0 aliphatic rings. The average molecular weight is 354 g/mol. The molecule has 4 nitrogen and oxygen atoms in total. The second kappa shape index (κ2) is 6.22. The maximum absolute atomic E-state index is 12.6. The van der Waals surface area contributed by atoms with Crippen LogP contribution in [0.2, 0.25) is 0 Å². The molecule has 24 heavy (non-hydrogen) atoms. The Balaban J connectivity index is 1.78. The summed E-state index contributed by atoms with van der Waals surface area (Å²) in [4.78, 5) is 22.0. The minimum atomic E-state index is -0.0884. The fourth-order valence-corrected chi connectivity index (χ4v) is 4.50. The first-order chi connectivity index (χ1) is 11.8. The number of rotatable bonds is 4. The normalized spacial score (nSPS) is 11.0. The zero-order valence-electron chi connectivity index (χ0n) is 12.9. The van der Waals surface area contributed by atoms with Crippen molar-refractivity contribution in [2.45, 2.75) is 6.42 Å². The van der Waals surface area contributed by atoms with Crippen molar-refractivity contribution in [1.29, 1.82) is 0 Å². The SMILES string of the molecule is COc1ccccc1Cc1nc2scc(-c3cccs3)c2c(=O)[nH]1. The van der Waals surface area contributed by atoms with Gasteiger partial charge in [0.2, 0.25) is 0 Å². The number of para-hydroxylation sites is 1. The first-order valence-electron chi connectivity index (χ1n) is 7.42. The summed E-state index contributed by atoms with van der Waals surface area (Å²) in [6.07, 6.45) is 0.529. The van der Waals surface area contributed by atoms with Crippen molar-refractivity contribution in [1.82, 2.24) is 9.97 Å². The van der Waals surface area contributed by atoms with Crippen molar-refractivity contribution >= 4 is 32.9 Å². The molecule has 0 saturated carbocycles. The van der Waals surface area contributed by atoms with E-state index in [4.69, 9.17) is 4.74 Å². The Labute approximate surface area is 146 Å². The largest absolute Gasteiger partial charge is 0.496 e. The minimum Gasteiger partial charge on any atom is -0.496 e. The molecule has 120 valence electrons. The fourth-order valence-electron chi connectivity index (χ4n) is 2.72. The van der Waals surface area contributed by atoms with Gasteiger partial charge in [0, 0.05) is 27.8 Å². The van der Waals surface area contributed by atoms with E-state index in [1.807, 2.05) is 47.2 Å². The van der Waals surface area contributed by atoms with E-state index in [0.717, 1.165) is 26.6 Å². The second-order valence-corrected chi connectivity index (χ2v) is 7.11. The number of nitrogens with one attached hydrogen (secondary N) is 1. The van der Waals surface area contributed by atoms with Gasteiger partial charge in [-0.3, -0.25) is 4.79 Å². The van der Waals surface area contributed by atoms with Crippen LogP contribution >= 0.6 is 22.7 Å². The van der Waals surface area contributed by atoms with E-state index in [0.29, 0.717) is 17.6 Å². The summed E-state index contributed by atoms with van der Waals surface area (Å²) < 4.78 is 5.37. The van der Waals surface area contributed by atoms with Gasteiger partial charge >= 0.3 is 0 Å². The van der Waals surface area contributed by atoms with Crippen molar-refractivity contribution in [3.8, 4) is 16.2 Å². The highest BCUT2D eigenvalue weighted by molar-refractivity contribution is 7.18. The van der Waals surface area contributed by atoms with E-state index in [1.54, 1.807) is 18.4 Å². The van der Waals surface area contributed by atoms with Crippen LogP contribution in [0.15, 0.2) is 52.0 Å². The summed E-state index contributed by atoms with van der Waals surface area (Å²) in [7, 11) is 1.64.